The summed E-state index contributed by atoms with van der Waals surface area (Å²) in [5, 5.41) is 4.65. The summed E-state index contributed by atoms with van der Waals surface area (Å²) in [5.74, 6) is -0.360. The Bertz CT molecular complexity index is 1570. The molecule has 9 heteroatoms. The van der Waals surface area contributed by atoms with Gasteiger partial charge in [0.15, 0.2) is 0 Å². The minimum Gasteiger partial charge on any atom is -0.267 e. The van der Waals surface area contributed by atoms with Crippen molar-refractivity contribution >= 4 is 61.5 Å². The molecular formula is C29H25ClIN3O3S. The number of hydrazone groups is 1. The summed E-state index contributed by atoms with van der Waals surface area (Å²) in [6.07, 6.45) is 0. The van der Waals surface area contributed by atoms with Gasteiger partial charge in [0.1, 0.15) is 0 Å². The van der Waals surface area contributed by atoms with E-state index < -0.39 is 10.0 Å². The number of hydrogen-bond donors (Lipinski definition) is 1. The highest BCUT2D eigenvalue weighted by molar-refractivity contribution is 14.1. The van der Waals surface area contributed by atoms with Crippen molar-refractivity contribution in [1.29, 1.82) is 0 Å². The minimum absolute atomic E-state index is 0.0599. The van der Waals surface area contributed by atoms with Crippen LogP contribution in [0.4, 0.5) is 5.69 Å². The van der Waals surface area contributed by atoms with E-state index in [4.69, 9.17) is 11.6 Å². The van der Waals surface area contributed by atoms with E-state index in [9.17, 15) is 13.2 Å². The molecule has 4 aromatic carbocycles. The number of nitrogens with zero attached hydrogens (tertiary/aromatic N) is 2. The molecule has 1 amide bonds. The molecule has 0 heterocycles. The molecule has 0 saturated heterocycles. The van der Waals surface area contributed by atoms with Crippen LogP contribution in [0.3, 0.4) is 0 Å². The number of carbonyl (C=O) groups is 1. The Labute approximate surface area is 241 Å². The first-order valence-corrected chi connectivity index (χ1v) is 14.6. The van der Waals surface area contributed by atoms with E-state index in [1.54, 1.807) is 72.8 Å². The standard InChI is InChI=1S/C29H25ClIN3O3S/c1-20-8-15-25(30)18-28(20)34(38(36,37)27-6-4-3-5-7-27)19-22-9-11-24(12-10-22)29(35)33-32-21(2)23-13-16-26(31)17-14-23/h3-18H,19H2,1-2H3,(H,33,35)/b32-21+. The number of anilines is 1. The topological polar surface area (TPSA) is 78.8 Å². The van der Waals surface area contributed by atoms with Gasteiger partial charge in [-0.3, -0.25) is 9.10 Å². The molecule has 4 rings (SSSR count). The van der Waals surface area contributed by atoms with E-state index in [1.165, 1.54) is 4.31 Å². The molecule has 0 bridgehead atoms. The largest absolute Gasteiger partial charge is 0.271 e. The highest BCUT2D eigenvalue weighted by Crippen LogP contribution is 2.31. The Morgan fingerprint density at radius 1 is 0.921 bits per heavy atom. The summed E-state index contributed by atoms with van der Waals surface area (Å²) in [6, 6.07) is 28.0. The van der Waals surface area contributed by atoms with Crippen molar-refractivity contribution in [1.82, 2.24) is 5.43 Å². The third-order valence-corrected chi connectivity index (χ3v) is 8.63. The lowest BCUT2D eigenvalue weighted by Crippen LogP contribution is -2.31. The van der Waals surface area contributed by atoms with E-state index in [1.807, 2.05) is 38.1 Å². The second kappa shape index (κ2) is 12.1. The fraction of sp³-hybridized carbons (Fsp3) is 0.103. The lowest BCUT2D eigenvalue weighted by Gasteiger charge is -2.26. The lowest BCUT2D eigenvalue weighted by atomic mass is 10.1. The summed E-state index contributed by atoms with van der Waals surface area (Å²) in [7, 11) is -3.89. The zero-order valence-electron chi connectivity index (χ0n) is 20.7. The van der Waals surface area contributed by atoms with Gasteiger partial charge in [0, 0.05) is 14.2 Å². The first kappa shape index (κ1) is 27.8. The third kappa shape index (κ3) is 6.61. The molecule has 194 valence electrons. The Hall–Kier alpha value is -3.21. The second-order valence-electron chi connectivity index (χ2n) is 8.60. The second-order valence-corrected chi connectivity index (χ2v) is 12.1. The van der Waals surface area contributed by atoms with Gasteiger partial charge in [-0.1, -0.05) is 60.1 Å². The fourth-order valence-electron chi connectivity index (χ4n) is 3.75. The predicted octanol–water partition coefficient (Wildman–Crippen LogP) is 6.80. The summed E-state index contributed by atoms with van der Waals surface area (Å²) in [4.78, 5) is 12.9. The van der Waals surface area contributed by atoms with Crippen LogP contribution in [-0.4, -0.2) is 20.0 Å². The van der Waals surface area contributed by atoms with Crippen LogP contribution in [0.2, 0.25) is 5.02 Å². The van der Waals surface area contributed by atoms with Gasteiger partial charge < -0.3 is 0 Å². The molecule has 0 aliphatic rings. The molecule has 4 aromatic rings. The van der Waals surface area contributed by atoms with Gasteiger partial charge in [-0.15, -0.1) is 0 Å². The van der Waals surface area contributed by atoms with Crippen LogP contribution in [0, 0.1) is 10.5 Å². The predicted molar refractivity (Wildman–Crippen MR) is 161 cm³/mol. The van der Waals surface area contributed by atoms with Crippen molar-refractivity contribution < 1.29 is 13.2 Å². The molecule has 0 aliphatic carbocycles. The van der Waals surface area contributed by atoms with Gasteiger partial charge in [0.05, 0.1) is 22.8 Å². The van der Waals surface area contributed by atoms with E-state index in [2.05, 4.69) is 33.1 Å². The average molecular weight is 658 g/mol. The molecule has 0 fully saturated rings. The Balaban J connectivity index is 1.57. The number of rotatable bonds is 8. The molecular weight excluding hydrogens is 633 g/mol. The van der Waals surface area contributed by atoms with Gasteiger partial charge in [-0.05, 0) is 102 Å². The average Bonchev–Trinajstić information content (AvgIpc) is 2.92. The highest BCUT2D eigenvalue weighted by Gasteiger charge is 2.26. The number of halogens is 2. The van der Waals surface area contributed by atoms with Crippen LogP contribution in [-0.2, 0) is 16.6 Å². The van der Waals surface area contributed by atoms with Crippen molar-refractivity contribution in [3.05, 3.63) is 128 Å². The van der Waals surface area contributed by atoms with E-state index in [0.717, 1.165) is 14.7 Å². The summed E-state index contributed by atoms with van der Waals surface area (Å²) >= 11 is 8.47. The number of benzene rings is 4. The first-order valence-electron chi connectivity index (χ1n) is 11.7. The van der Waals surface area contributed by atoms with Crippen molar-refractivity contribution in [3.63, 3.8) is 0 Å². The molecule has 0 saturated carbocycles. The van der Waals surface area contributed by atoms with Crippen molar-refractivity contribution in [2.45, 2.75) is 25.3 Å². The van der Waals surface area contributed by atoms with E-state index in [0.29, 0.717) is 27.5 Å². The molecule has 0 aliphatic heterocycles. The number of aryl methyl sites for hydroxylation is 1. The summed E-state index contributed by atoms with van der Waals surface area (Å²) in [6.45, 7) is 3.72. The Morgan fingerprint density at radius 3 is 2.21 bits per heavy atom. The van der Waals surface area contributed by atoms with E-state index in [-0.39, 0.29) is 17.3 Å². The summed E-state index contributed by atoms with van der Waals surface area (Å²) in [5.41, 5.74) is 6.56. The van der Waals surface area contributed by atoms with Gasteiger partial charge in [-0.25, -0.2) is 13.8 Å². The van der Waals surface area contributed by atoms with Crippen LogP contribution < -0.4 is 9.73 Å². The first-order chi connectivity index (χ1) is 18.1. The third-order valence-electron chi connectivity index (χ3n) is 5.90. The van der Waals surface area contributed by atoms with Crippen LogP contribution in [0.25, 0.3) is 0 Å². The molecule has 0 spiro atoms. The van der Waals surface area contributed by atoms with Crippen LogP contribution >= 0.6 is 34.2 Å². The van der Waals surface area contributed by atoms with Gasteiger partial charge in [-0.2, -0.15) is 5.10 Å². The minimum atomic E-state index is -3.89. The smallest absolute Gasteiger partial charge is 0.267 e. The quantitative estimate of drug-likeness (QED) is 0.129. The molecule has 1 N–H and O–H groups in total. The maximum Gasteiger partial charge on any atom is 0.271 e. The number of nitrogens with one attached hydrogen (secondary N) is 1. The normalized spacial score (nSPS) is 11.7. The lowest BCUT2D eigenvalue weighted by molar-refractivity contribution is 0.0955. The van der Waals surface area contributed by atoms with Crippen LogP contribution in [0.5, 0.6) is 0 Å². The Kier molecular flexibility index (Phi) is 8.86. The molecule has 0 radical (unpaired) electrons. The molecule has 0 atom stereocenters. The van der Waals surface area contributed by atoms with Gasteiger partial charge in [0.25, 0.3) is 15.9 Å². The SMILES string of the molecule is C/C(=N\NC(=O)c1ccc(CN(c2cc(Cl)ccc2C)S(=O)(=O)c2ccccc2)cc1)c1ccc(I)cc1. The van der Waals surface area contributed by atoms with Crippen molar-refractivity contribution in [3.8, 4) is 0 Å². The van der Waals surface area contributed by atoms with Crippen molar-refractivity contribution in [2.24, 2.45) is 5.10 Å². The molecule has 0 aromatic heterocycles. The van der Waals surface area contributed by atoms with Crippen LogP contribution in [0.1, 0.15) is 34.0 Å². The van der Waals surface area contributed by atoms with E-state index >= 15 is 0 Å². The molecule has 0 unspecified atom stereocenters. The molecule has 38 heavy (non-hydrogen) atoms. The maximum atomic E-state index is 13.7. The van der Waals surface area contributed by atoms with Gasteiger partial charge >= 0.3 is 0 Å². The molecule has 6 nitrogen and oxygen atoms in total. The number of carbonyl (C=O) groups excluding carboxylic acids is 1. The summed E-state index contributed by atoms with van der Waals surface area (Å²) < 4.78 is 29.8. The fourth-order valence-corrected chi connectivity index (χ4v) is 5.81. The zero-order valence-corrected chi connectivity index (χ0v) is 24.5. The Morgan fingerprint density at radius 2 is 1.55 bits per heavy atom. The van der Waals surface area contributed by atoms with Crippen LogP contribution in [0.15, 0.2) is 107 Å². The zero-order chi connectivity index (χ0) is 27.3. The number of hydrogen-bond acceptors (Lipinski definition) is 4. The van der Waals surface area contributed by atoms with Crippen molar-refractivity contribution in [2.75, 3.05) is 4.31 Å². The number of amides is 1. The monoisotopic (exact) mass is 657 g/mol. The maximum absolute atomic E-state index is 13.7. The number of sulfonamides is 1. The van der Waals surface area contributed by atoms with Gasteiger partial charge in [0.2, 0.25) is 0 Å². The highest BCUT2D eigenvalue weighted by atomic mass is 127.